The highest BCUT2D eigenvalue weighted by Gasteiger charge is 2.29. The Morgan fingerprint density at radius 3 is 2.50 bits per heavy atom. The molecule has 0 fully saturated rings. The minimum atomic E-state index is -3.13. The smallest absolute Gasteiger partial charge is 0.283 e. The van der Waals surface area contributed by atoms with Gasteiger partial charge in [-0.05, 0) is 6.07 Å². The van der Waals surface area contributed by atoms with Crippen molar-refractivity contribution >= 4 is 17.5 Å². The molecule has 2 heterocycles. The molecule has 0 aliphatic carbocycles. The van der Waals surface area contributed by atoms with Gasteiger partial charge in [0.25, 0.3) is 12.9 Å². The molecule has 11 heteroatoms. The number of amides is 1. The lowest BCUT2D eigenvalue weighted by atomic mass is 10.3. The Hall–Kier alpha value is -2.10. The van der Waals surface area contributed by atoms with Gasteiger partial charge in [0.05, 0.1) is 17.3 Å². The molecule has 6 nitrogen and oxygen atoms in total. The molecule has 0 saturated carbocycles. The molecule has 0 unspecified atom stereocenters. The summed E-state index contributed by atoms with van der Waals surface area (Å²) in [4.78, 5) is 13.4. The fourth-order valence-corrected chi connectivity index (χ4v) is 2.38. The molecule has 2 aromatic heterocycles. The maximum absolute atomic E-state index is 13.0. The lowest BCUT2D eigenvalue weighted by Gasteiger charge is -2.18. The van der Waals surface area contributed by atoms with Crippen LogP contribution in [0, 0.1) is 0 Å². The minimum Gasteiger partial charge on any atom is -0.338 e. The standard InChI is InChI=1S/C13H14ClF4N5O/c1-21(5-7-3-4-19-22(7)2)8(24)6-23-11(13(17)18)9(14)10(20-23)12(15)16/h3-4,12-13H,5-6H2,1-2H3. The van der Waals surface area contributed by atoms with Gasteiger partial charge in [-0.15, -0.1) is 0 Å². The van der Waals surface area contributed by atoms with Crippen molar-refractivity contribution in [2.24, 2.45) is 7.05 Å². The van der Waals surface area contributed by atoms with Crippen molar-refractivity contribution in [3.63, 3.8) is 0 Å². The molecular weight excluding hydrogens is 354 g/mol. The molecule has 0 bridgehead atoms. The first-order valence-corrected chi connectivity index (χ1v) is 7.13. The van der Waals surface area contributed by atoms with Crippen LogP contribution in [0.3, 0.4) is 0 Å². The van der Waals surface area contributed by atoms with Crippen LogP contribution in [0.2, 0.25) is 5.02 Å². The molecule has 1 amide bonds. The zero-order valence-corrected chi connectivity index (χ0v) is 13.5. The van der Waals surface area contributed by atoms with Crippen LogP contribution in [-0.4, -0.2) is 37.4 Å². The topological polar surface area (TPSA) is 56.0 Å². The van der Waals surface area contributed by atoms with Crippen LogP contribution in [0.5, 0.6) is 0 Å². The number of halogens is 5. The van der Waals surface area contributed by atoms with E-state index in [2.05, 4.69) is 10.2 Å². The normalized spacial score (nSPS) is 11.5. The maximum Gasteiger partial charge on any atom is 0.283 e. The second-order valence-electron chi connectivity index (χ2n) is 5.04. The number of aromatic nitrogens is 4. The number of aryl methyl sites for hydroxylation is 1. The van der Waals surface area contributed by atoms with Gasteiger partial charge in [0.15, 0.2) is 0 Å². The van der Waals surface area contributed by atoms with Crippen LogP contribution in [-0.2, 0) is 24.9 Å². The van der Waals surface area contributed by atoms with E-state index in [1.54, 1.807) is 24.0 Å². The van der Waals surface area contributed by atoms with Gasteiger partial charge in [-0.3, -0.25) is 14.2 Å². The largest absolute Gasteiger partial charge is 0.338 e. The average Bonchev–Trinajstić information content (AvgIpc) is 3.02. The lowest BCUT2D eigenvalue weighted by Crippen LogP contribution is -2.31. The monoisotopic (exact) mass is 367 g/mol. The number of carbonyl (C=O) groups is 1. The SMILES string of the molecule is CN(Cc1ccnn1C)C(=O)Cn1nc(C(F)F)c(Cl)c1C(F)F. The molecule has 0 aliphatic rings. The average molecular weight is 368 g/mol. The third-order valence-corrected chi connectivity index (χ3v) is 3.79. The number of hydrogen-bond acceptors (Lipinski definition) is 3. The molecule has 24 heavy (non-hydrogen) atoms. The van der Waals surface area contributed by atoms with Crippen molar-refractivity contribution in [3.8, 4) is 0 Å². The van der Waals surface area contributed by atoms with E-state index in [4.69, 9.17) is 11.6 Å². The van der Waals surface area contributed by atoms with Crippen molar-refractivity contribution in [2.45, 2.75) is 25.9 Å². The van der Waals surface area contributed by atoms with Gasteiger partial charge >= 0.3 is 0 Å². The molecule has 0 aliphatic heterocycles. The van der Waals surface area contributed by atoms with Crippen molar-refractivity contribution in [3.05, 3.63) is 34.4 Å². The second-order valence-corrected chi connectivity index (χ2v) is 5.42. The van der Waals surface area contributed by atoms with E-state index < -0.39 is 41.7 Å². The van der Waals surface area contributed by atoms with E-state index in [0.717, 1.165) is 0 Å². The van der Waals surface area contributed by atoms with Gasteiger partial charge in [0.2, 0.25) is 5.91 Å². The summed E-state index contributed by atoms with van der Waals surface area (Å²) in [6, 6.07) is 1.69. The lowest BCUT2D eigenvalue weighted by molar-refractivity contribution is -0.131. The number of likely N-dealkylation sites (N-methyl/N-ethyl adjacent to an activating group) is 1. The summed E-state index contributed by atoms with van der Waals surface area (Å²) in [5.74, 6) is -0.585. The third kappa shape index (κ3) is 3.69. The summed E-state index contributed by atoms with van der Waals surface area (Å²) < 4.78 is 53.7. The molecule has 0 spiro atoms. The zero-order valence-electron chi connectivity index (χ0n) is 12.8. The van der Waals surface area contributed by atoms with Crippen LogP contribution in [0.25, 0.3) is 0 Å². The predicted molar refractivity (Wildman–Crippen MR) is 76.8 cm³/mol. The fraction of sp³-hybridized carbons (Fsp3) is 0.462. The summed E-state index contributed by atoms with van der Waals surface area (Å²) in [5.41, 5.74) is -1.14. The Kier molecular flexibility index (Phi) is 5.47. The Morgan fingerprint density at radius 2 is 2.00 bits per heavy atom. The van der Waals surface area contributed by atoms with Crippen LogP contribution >= 0.6 is 11.6 Å². The van der Waals surface area contributed by atoms with Gasteiger partial charge in [0, 0.05) is 20.3 Å². The summed E-state index contributed by atoms with van der Waals surface area (Å²) in [7, 11) is 3.14. The van der Waals surface area contributed by atoms with Gasteiger partial charge in [-0.2, -0.15) is 10.2 Å². The summed E-state index contributed by atoms with van der Waals surface area (Å²) in [5, 5.41) is 6.49. The summed E-state index contributed by atoms with van der Waals surface area (Å²) >= 11 is 5.54. The van der Waals surface area contributed by atoms with Gasteiger partial charge in [-0.25, -0.2) is 17.6 Å². The fourth-order valence-electron chi connectivity index (χ4n) is 2.08. The van der Waals surface area contributed by atoms with Crippen molar-refractivity contribution < 1.29 is 22.4 Å². The van der Waals surface area contributed by atoms with Crippen LogP contribution in [0.15, 0.2) is 12.3 Å². The number of nitrogens with zero attached hydrogens (tertiary/aromatic N) is 5. The number of rotatable bonds is 6. The van der Waals surface area contributed by atoms with E-state index in [1.165, 1.54) is 11.9 Å². The first-order chi connectivity index (χ1) is 11.2. The van der Waals surface area contributed by atoms with Gasteiger partial charge in [-0.1, -0.05) is 11.6 Å². The minimum absolute atomic E-state index is 0.177. The Balaban J connectivity index is 2.19. The van der Waals surface area contributed by atoms with E-state index in [9.17, 15) is 22.4 Å². The van der Waals surface area contributed by atoms with Gasteiger partial charge < -0.3 is 4.90 Å². The van der Waals surface area contributed by atoms with Crippen LogP contribution < -0.4 is 0 Å². The van der Waals surface area contributed by atoms with E-state index in [1.807, 2.05) is 0 Å². The highest BCUT2D eigenvalue weighted by molar-refractivity contribution is 6.32. The number of carbonyl (C=O) groups excluding carboxylic acids is 1. The molecule has 2 aromatic rings. The zero-order chi connectivity index (χ0) is 18.0. The molecule has 0 atom stereocenters. The molecule has 0 aromatic carbocycles. The van der Waals surface area contributed by atoms with Crippen molar-refractivity contribution in [2.75, 3.05) is 7.05 Å². The van der Waals surface area contributed by atoms with Crippen molar-refractivity contribution in [1.29, 1.82) is 0 Å². The third-order valence-electron chi connectivity index (χ3n) is 3.40. The predicted octanol–water partition coefficient (Wildman–Crippen LogP) is 2.80. The van der Waals surface area contributed by atoms with Gasteiger partial charge in [0.1, 0.15) is 17.9 Å². The molecule has 0 saturated heterocycles. The summed E-state index contributed by atoms with van der Waals surface area (Å²) in [6.07, 6.45) is -4.70. The molecule has 0 radical (unpaired) electrons. The molecule has 2 rings (SSSR count). The molecular formula is C13H14ClF4N5O. The first kappa shape index (κ1) is 18.2. The quantitative estimate of drug-likeness (QED) is 0.738. The highest BCUT2D eigenvalue weighted by Crippen LogP contribution is 2.34. The van der Waals surface area contributed by atoms with E-state index in [0.29, 0.717) is 10.4 Å². The molecule has 132 valence electrons. The Bertz CT molecular complexity index is 730. The molecule has 0 N–H and O–H groups in total. The Labute approximate surface area is 139 Å². The highest BCUT2D eigenvalue weighted by atomic mass is 35.5. The number of alkyl halides is 4. The Morgan fingerprint density at radius 1 is 1.33 bits per heavy atom. The van der Waals surface area contributed by atoms with Crippen LogP contribution in [0.1, 0.15) is 29.9 Å². The van der Waals surface area contributed by atoms with Crippen molar-refractivity contribution in [1.82, 2.24) is 24.5 Å². The second kappa shape index (κ2) is 7.20. The van der Waals surface area contributed by atoms with E-state index >= 15 is 0 Å². The maximum atomic E-state index is 13.0. The first-order valence-electron chi connectivity index (χ1n) is 6.75. The van der Waals surface area contributed by atoms with E-state index in [-0.39, 0.29) is 6.54 Å². The summed E-state index contributed by atoms with van der Waals surface area (Å²) in [6.45, 7) is -0.448. The van der Waals surface area contributed by atoms with Crippen LogP contribution in [0.4, 0.5) is 17.6 Å². The number of hydrogen-bond donors (Lipinski definition) is 0.